The summed E-state index contributed by atoms with van der Waals surface area (Å²) in [6, 6.07) is 11.9. The SMILES string of the molecule is C=C(N)c1cc(CC(=N)c2ccccc2C(=C)N)ccc1F. The number of nitrogens with two attached hydrogens (primary N) is 2. The highest BCUT2D eigenvalue weighted by atomic mass is 19.1. The van der Waals surface area contributed by atoms with Gasteiger partial charge in [-0.05, 0) is 17.7 Å². The first-order chi connectivity index (χ1) is 10.4. The molecule has 0 fully saturated rings. The van der Waals surface area contributed by atoms with Gasteiger partial charge >= 0.3 is 0 Å². The van der Waals surface area contributed by atoms with Crippen LogP contribution in [0.25, 0.3) is 11.4 Å². The summed E-state index contributed by atoms with van der Waals surface area (Å²) in [4.78, 5) is 0. The third-order valence-electron chi connectivity index (χ3n) is 3.36. The van der Waals surface area contributed by atoms with Crippen molar-refractivity contribution < 1.29 is 4.39 Å². The minimum atomic E-state index is -0.418. The molecule has 2 rings (SSSR count). The molecule has 4 heteroatoms. The molecule has 0 unspecified atom stereocenters. The summed E-state index contributed by atoms with van der Waals surface area (Å²) in [5.74, 6) is -0.418. The predicted octanol–water partition coefficient (Wildman–Crippen LogP) is 3.30. The zero-order valence-electron chi connectivity index (χ0n) is 12.2. The molecule has 0 saturated carbocycles. The summed E-state index contributed by atoms with van der Waals surface area (Å²) in [6.45, 7) is 7.29. The Morgan fingerprint density at radius 3 is 2.14 bits per heavy atom. The number of benzene rings is 2. The molecule has 0 aliphatic carbocycles. The van der Waals surface area contributed by atoms with E-state index in [-0.39, 0.29) is 11.3 Å². The van der Waals surface area contributed by atoms with Crippen LogP contribution in [0.5, 0.6) is 0 Å². The van der Waals surface area contributed by atoms with Gasteiger partial charge in [-0.25, -0.2) is 4.39 Å². The smallest absolute Gasteiger partial charge is 0.132 e. The maximum atomic E-state index is 13.6. The Hall–Kier alpha value is -2.88. The number of hydrogen-bond acceptors (Lipinski definition) is 3. The fraction of sp³-hybridized carbons (Fsp3) is 0.0556. The second kappa shape index (κ2) is 6.26. The van der Waals surface area contributed by atoms with Crippen LogP contribution in [-0.4, -0.2) is 5.71 Å². The minimum Gasteiger partial charge on any atom is -0.399 e. The topological polar surface area (TPSA) is 75.9 Å². The average Bonchev–Trinajstić information content (AvgIpc) is 2.48. The average molecular weight is 295 g/mol. The van der Waals surface area contributed by atoms with Gasteiger partial charge in [0.25, 0.3) is 0 Å². The summed E-state index contributed by atoms with van der Waals surface area (Å²) in [5, 5.41) is 8.29. The molecule has 0 spiro atoms. The van der Waals surface area contributed by atoms with E-state index in [0.29, 0.717) is 23.4 Å². The van der Waals surface area contributed by atoms with Gasteiger partial charge in [0.05, 0.1) is 0 Å². The van der Waals surface area contributed by atoms with Gasteiger partial charge in [0.1, 0.15) is 5.82 Å². The highest BCUT2D eigenvalue weighted by molar-refractivity contribution is 6.03. The fourth-order valence-electron chi connectivity index (χ4n) is 2.25. The van der Waals surface area contributed by atoms with Gasteiger partial charge in [-0.2, -0.15) is 0 Å². The lowest BCUT2D eigenvalue weighted by Crippen LogP contribution is -2.09. The number of halogens is 1. The van der Waals surface area contributed by atoms with Gasteiger partial charge in [-0.15, -0.1) is 0 Å². The van der Waals surface area contributed by atoms with Crippen molar-refractivity contribution >= 4 is 17.1 Å². The summed E-state index contributed by atoms with van der Waals surface area (Å²) >= 11 is 0. The largest absolute Gasteiger partial charge is 0.399 e. The van der Waals surface area contributed by atoms with Crippen LogP contribution in [0.3, 0.4) is 0 Å². The number of nitrogens with one attached hydrogen (secondary N) is 1. The van der Waals surface area contributed by atoms with Crippen LogP contribution in [0.2, 0.25) is 0 Å². The molecule has 0 aromatic heterocycles. The molecule has 22 heavy (non-hydrogen) atoms. The Balaban J connectivity index is 2.32. The van der Waals surface area contributed by atoms with Crippen molar-refractivity contribution in [1.29, 1.82) is 5.41 Å². The van der Waals surface area contributed by atoms with Crippen LogP contribution in [0, 0.1) is 11.2 Å². The van der Waals surface area contributed by atoms with Crippen molar-refractivity contribution in [2.45, 2.75) is 6.42 Å². The van der Waals surface area contributed by atoms with E-state index in [9.17, 15) is 4.39 Å². The first-order valence-corrected chi connectivity index (χ1v) is 6.75. The first kappa shape index (κ1) is 15.5. The van der Waals surface area contributed by atoms with E-state index in [1.165, 1.54) is 6.07 Å². The Morgan fingerprint density at radius 1 is 0.955 bits per heavy atom. The molecule has 0 bridgehead atoms. The molecule has 2 aromatic rings. The first-order valence-electron chi connectivity index (χ1n) is 6.75. The second-order valence-corrected chi connectivity index (χ2v) is 5.07. The maximum Gasteiger partial charge on any atom is 0.132 e. The lowest BCUT2D eigenvalue weighted by atomic mass is 9.95. The zero-order chi connectivity index (χ0) is 16.3. The van der Waals surface area contributed by atoms with Crippen molar-refractivity contribution in [3.63, 3.8) is 0 Å². The van der Waals surface area contributed by atoms with Gasteiger partial charge in [0.2, 0.25) is 0 Å². The van der Waals surface area contributed by atoms with Crippen molar-refractivity contribution in [2.75, 3.05) is 0 Å². The highest BCUT2D eigenvalue weighted by Gasteiger charge is 2.11. The molecule has 0 radical (unpaired) electrons. The third-order valence-corrected chi connectivity index (χ3v) is 3.36. The Bertz CT molecular complexity index is 763. The Labute approximate surface area is 129 Å². The minimum absolute atomic E-state index is 0.168. The predicted molar refractivity (Wildman–Crippen MR) is 89.8 cm³/mol. The summed E-state index contributed by atoms with van der Waals surface area (Å²) < 4.78 is 13.6. The monoisotopic (exact) mass is 295 g/mol. The van der Waals surface area contributed by atoms with Crippen LogP contribution in [-0.2, 0) is 6.42 Å². The van der Waals surface area contributed by atoms with Gasteiger partial charge < -0.3 is 16.9 Å². The summed E-state index contributed by atoms with van der Waals surface area (Å²) in [7, 11) is 0. The molecule has 0 heterocycles. The summed E-state index contributed by atoms with van der Waals surface area (Å²) in [6.07, 6.45) is 0.338. The second-order valence-electron chi connectivity index (χ2n) is 5.07. The van der Waals surface area contributed by atoms with Crippen molar-refractivity contribution in [2.24, 2.45) is 11.5 Å². The molecule has 2 aromatic carbocycles. The van der Waals surface area contributed by atoms with Crippen LogP contribution in [0.15, 0.2) is 55.6 Å². The van der Waals surface area contributed by atoms with E-state index in [4.69, 9.17) is 16.9 Å². The zero-order valence-corrected chi connectivity index (χ0v) is 12.2. The maximum absolute atomic E-state index is 13.6. The molecular weight excluding hydrogens is 277 g/mol. The van der Waals surface area contributed by atoms with Crippen LogP contribution < -0.4 is 11.5 Å². The Morgan fingerprint density at radius 2 is 1.55 bits per heavy atom. The van der Waals surface area contributed by atoms with E-state index < -0.39 is 5.82 Å². The van der Waals surface area contributed by atoms with Gasteiger partial charge in [-0.1, -0.05) is 43.5 Å². The molecule has 0 atom stereocenters. The van der Waals surface area contributed by atoms with E-state index in [2.05, 4.69) is 13.2 Å². The molecule has 112 valence electrons. The normalized spacial score (nSPS) is 10.2. The van der Waals surface area contributed by atoms with Crippen LogP contribution in [0.4, 0.5) is 4.39 Å². The van der Waals surface area contributed by atoms with Crippen LogP contribution in [0.1, 0.15) is 22.3 Å². The standard InChI is InChI=1S/C18H18FN3/c1-11(20)14-5-3-4-6-15(14)18(22)10-13-7-8-17(19)16(9-13)12(2)21/h3-9,22H,1-2,10,20-21H2. The van der Waals surface area contributed by atoms with Gasteiger partial charge in [0.15, 0.2) is 0 Å². The lowest BCUT2D eigenvalue weighted by molar-refractivity contribution is 0.623. The van der Waals surface area contributed by atoms with Crippen LogP contribution >= 0.6 is 0 Å². The third kappa shape index (κ3) is 3.23. The molecule has 0 aliphatic heterocycles. The Kier molecular flexibility index (Phi) is 4.41. The van der Waals surface area contributed by atoms with E-state index in [1.807, 2.05) is 24.3 Å². The molecule has 0 amide bonds. The number of rotatable bonds is 5. The summed E-state index contributed by atoms with van der Waals surface area (Å²) in [5.41, 5.74) is 14.8. The molecule has 5 N–H and O–H groups in total. The number of hydrogen-bond donors (Lipinski definition) is 3. The van der Waals surface area contributed by atoms with E-state index >= 15 is 0 Å². The van der Waals surface area contributed by atoms with Crippen molar-refractivity contribution in [1.82, 2.24) is 0 Å². The molecule has 0 saturated heterocycles. The molecule has 3 nitrogen and oxygen atoms in total. The lowest BCUT2D eigenvalue weighted by Gasteiger charge is -2.11. The fourth-order valence-corrected chi connectivity index (χ4v) is 2.25. The highest BCUT2D eigenvalue weighted by Crippen LogP contribution is 2.19. The van der Waals surface area contributed by atoms with Gasteiger partial charge in [-0.3, -0.25) is 0 Å². The van der Waals surface area contributed by atoms with Crippen molar-refractivity contribution in [3.05, 3.63) is 83.7 Å². The van der Waals surface area contributed by atoms with Crippen molar-refractivity contribution in [3.8, 4) is 0 Å². The van der Waals surface area contributed by atoms with E-state index in [0.717, 1.165) is 11.1 Å². The van der Waals surface area contributed by atoms with Gasteiger partial charge in [0, 0.05) is 40.2 Å². The van der Waals surface area contributed by atoms with E-state index in [1.54, 1.807) is 12.1 Å². The molecule has 0 aliphatic rings. The quantitative estimate of drug-likeness (QED) is 0.740. The molecular formula is C18H18FN3.